The van der Waals surface area contributed by atoms with E-state index in [0.717, 1.165) is 6.20 Å². The van der Waals surface area contributed by atoms with E-state index in [-0.39, 0.29) is 35.2 Å². The summed E-state index contributed by atoms with van der Waals surface area (Å²) in [6.07, 6.45) is 0.883. The number of rotatable bonds is 5. The quantitative estimate of drug-likeness (QED) is 0.390. The third-order valence-electron chi connectivity index (χ3n) is 1.60. The minimum Gasteiger partial charge on any atom is -0.363 e. The van der Waals surface area contributed by atoms with Crippen LogP contribution >= 0.6 is 23.4 Å². The van der Waals surface area contributed by atoms with Gasteiger partial charge in [-0.25, -0.2) is 4.98 Å². The van der Waals surface area contributed by atoms with Crippen LogP contribution in [0.2, 0.25) is 5.28 Å². The van der Waals surface area contributed by atoms with Gasteiger partial charge in [0.05, 0.1) is 4.92 Å². The van der Waals surface area contributed by atoms with Gasteiger partial charge in [0.15, 0.2) is 0 Å². The van der Waals surface area contributed by atoms with E-state index in [1.165, 1.54) is 0 Å². The lowest BCUT2D eigenvalue weighted by Gasteiger charge is -2.07. The molecule has 0 saturated heterocycles. The van der Waals surface area contributed by atoms with Gasteiger partial charge in [0.1, 0.15) is 6.20 Å². The predicted octanol–water partition coefficient (Wildman–Crippen LogP) is 2.70. The van der Waals surface area contributed by atoms with Crippen molar-refractivity contribution in [1.29, 1.82) is 0 Å². The number of alkyl halides is 3. The fourth-order valence-electron chi connectivity index (χ4n) is 0.954. The normalized spacial score (nSPS) is 11.3. The molecule has 1 N–H and O–H groups in total. The molecule has 0 bridgehead atoms. The summed E-state index contributed by atoms with van der Waals surface area (Å²) in [5, 5.41) is 12.8. The second-order valence-corrected chi connectivity index (χ2v) is 4.35. The molecule has 0 aliphatic rings. The largest absolute Gasteiger partial charge is 0.441 e. The molecule has 11 heteroatoms. The highest BCUT2D eigenvalue weighted by molar-refractivity contribution is 8.00. The van der Waals surface area contributed by atoms with Crippen molar-refractivity contribution in [1.82, 2.24) is 9.97 Å². The molecule has 0 amide bonds. The molecule has 0 aliphatic carbocycles. The number of nitrogens with zero attached hydrogens (tertiary/aromatic N) is 3. The Morgan fingerprint density at radius 1 is 1.56 bits per heavy atom. The van der Waals surface area contributed by atoms with Crippen LogP contribution in [0.25, 0.3) is 0 Å². The molecule has 0 aliphatic heterocycles. The summed E-state index contributed by atoms with van der Waals surface area (Å²) in [5.41, 5.74) is -4.78. The van der Waals surface area contributed by atoms with Gasteiger partial charge in [-0.15, -0.1) is 0 Å². The molecule has 1 aromatic heterocycles. The van der Waals surface area contributed by atoms with E-state index in [0.29, 0.717) is 0 Å². The fourth-order valence-corrected chi connectivity index (χ4v) is 1.52. The molecule has 1 heterocycles. The van der Waals surface area contributed by atoms with E-state index in [1.54, 1.807) is 0 Å². The standard InChI is InChI=1S/C7H6ClF3N4O2S/c8-6-13-3-4(15(16)17)5(14-6)12-1-2-18-7(9,10)11/h3H,1-2H2,(H,12,13,14). The zero-order valence-electron chi connectivity index (χ0n) is 8.57. The molecule has 0 radical (unpaired) electrons. The summed E-state index contributed by atoms with van der Waals surface area (Å²) in [7, 11) is 0. The summed E-state index contributed by atoms with van der Waals surface area (Å²) in [6, 6.07) is 0. The van der Waals surface area contributed by atoms with Gasteiger partial charge >= 0.3 is 11.2 Å². The topological polar surface area (TPSA) is 81.0 Å². The zero-order chi connectivity index (χ0) is 13.8. The number of anilines is 1. The molecule has 0 spiro atoms. The van der Waals surface area contributed by atoms with Crippen LogP contribution in [0.4, 0.5) is 24.7 Å². The van der Waals surface area contributed by atoms with Gasteiger partial charge in [-0.3, -0.25) is 10.1 Å². The van der Waals surface area contributed by atoms with Crippen molar-refractivity contribution in [2.45, 2.75) is 5.51 Å². The fraction of sp³-hybridized carbons (Fsp3) is 0.429. The maximum absolute atomic E-state index is 11.8. The molecule has 100 valence electrons. The number of aromatic nitrogens is 2. The number of nitrogens with one attached hydrogen (secondary N) is 1. The molecule has 0 aromatic carbocycles. The number of halogens is 4. The van der Waals surface area contributed by atoms with Crippen LogP contribution < -0.4 is 5.32 Å². The molecular weight excluding hydrogens is 297 g/mol. The Labute approximate surface area is 108 Å². The van der Waals surface area contributed by atoms with Crippen molar-refractivity contribution in [3.8, 4) is 0 Å². The molecule has 18 heavy (non-hydrogen) atoms. The first kappa shape index (κ1) is 14.8. The Balaban J connectivity index is 2.61. The van der Waals surface area contributed by atoms with Crippen LogP contribution in [-0.4, -0.2) is 32.7 Å². The average Bonchev–Trinajstić information content (AvgIpc) is 2.22. The third kappa shape index (κ3) is 4.92. The SMILES string of the molecule is O=[N+]([O-])c1cnc(Cl)nc1NCCSC(F)(F)F. The smallest absolute Gasteiger partial charge is 0.363 e. The molecule has 6 nitrogen and oxygen atoms in total. The van der Waals surface area contributed by atoms with Gasteiger partial charge in [0.25, 0.3) is 0 Å². The van der Waals surface area contributed by atoms with Crippen LogP contribution in [0.5, 0.6) is 0 Å². The number of hydrogen-bond acceptors (Lipinski definition) is 6. The molecule has 1 rings (SSSR count). The Kier molecular flexibility index (Phi) is 4.96. The second kappa shape index (κ2) is 6.05. The molecule has 0 atom stereocenters. The van der Waals surface area contributed by atoms with E-state index < -0.39 is 16.1 Å². The van der Waals surface area contributed by atoms with Gasteiger partial charge < -0.3 is 5.32 Å². The number of thioether (sulfide) groups is 1. The van der Waals surface area contributed by atoms with Crippen molar-refractivity contribution >= 4 is 34.9 Å². The lowest BCUT2D eigenvalue weighted by Crippen LogP contribution is -2.11. The summed E-state index contributed by atoms with van der Waals surface area (Å²) in [4.78, 5) is 16.8. The van der Waals surface area contributed by atoms with Crippen molar-refractivity contribution in [2.75, 3.05) is 17.6 Å². The van der Waals surface area contributed by atoms with Gasteiger partial charge in [0.2, 0.25) is 11.1 Å². The number of nitro groups is 1. The highest BCUT2D eigenvalue weighted by Gasteiger charge is 2.27. The maximum Gasteiger partial charge on any atom is 0.441 e. The first-order chi connectivity index (χ1) is 8.29. The minimum absolute atomic E-state index is 0.141. The van der Waals surface area contributed by atoms with Crippen LogP contribution in [0.1, 0.15) is 0 Å². The van der Waals surface area contributed by atoms with E-state index in [2.05, 4.69) is 15.3 Å². The zero-order valence-corrected chi connectivity index (χ0v) is 10.1. The summed E-state index contributed by atoms with van der Waals surface area (Å²) >= 11 is 5.20. The predicted molar refractivity (Wildman–Crippen MR) is 60.7 cm³/mol. The third-order valence-corrected chi connectivity index (χ3v) is 2.51. The van der Waals surface area contributed by atoms with Crippen LogP contribution in [-0.2, 0) is 0 Å². The van der Waals surface area contributed by atoms with Crippen molar-refractivity contribution in [2.24, 2.45) is 0 Å². The molecule has 0 saturated carbocycles. The lowest BCUT2D eigenvalue weighted by molar-refractivity contribution is -0.384. The van der Waals surface area contributed by atoms with Crippen LogP contribution in [0, 0.1) is 10.1 Å². The average molecular weight is 303 g/mol. The van der Waals surface area contributed by atoms with E-state index in [4.69, 9.17) is 11.6 Å². The second-order valence-electron chi connectivity index (χ2n) is 2.85. The highest BCUT2D eigenvalue weighted by Crippen LogP contribution is 2.30. The van der Waals surface area contributed by atoms with Crippen molar-refractivity contribution in [3.05, 3.63) is 21.6 Å². The number of hydrogen-bond donors (Lipinski definition) is 1. The van der Waals surface area contributed by atoms with Gasteiger partial charge in [-0.1, -0.05) is 0 Å². The minimum atomic E-state index is -4.34. The summed E-state index contributed by atoms with van der Waals surface area (Å²) in [6.45, 7) is -0.141. The van der Waals surface area contributed by atoms with Crippen molar-refractivity contribution in [3.63, 3.8) is 0 Å². The Hall–Kier alpha value is -1.29. The van der Waals surface area contributed by atoms with Crippen molar-refractivity contribution < 1.29 is 18.1 Å². The van der Waals surface area contributed by atoms with Gasteiger partial charge in [-0.05, 0) is 23.4 Å². The summed E-state index contributed by atoms with van der Waals surface area (Å²) < 4.78 is 35.5. The van der Waals surface area contributed by atoms with Gasteiger partial charge in [0, 0.05) is 12.3 Å². The van der Waals surface area contributed by atoms with E-state index >= 15 is 0 Å². The van der Waals surface area contributed by atoms with Crippen LogP contribution in [0.15, 0.2) is 6.20 Å². The molecule has 1 aromatic rings. The van der Waals surface area contributed by atoms with Crippen LogP contribution in [0.3, 0.4) is 0 Å². The monoisotopic (exact) mass is 302 g/mol. The maximum atomic E-state index is 11.8. The Bertz CT molecular complexity index is 445. The van der Waals surface area contributed by atoms with Gasteiger partial charge in [-0.2, -0.15) is 18.2 Å². The first-order valence-corrected chi connectivity index (χ1v) is 5.77. The Morgan fingerprint density at radius 2 is 2.22 bits per heavy atom. The van der Waals surface area contributed by atoms with E-state index in [1.807, 2.05) is 0 Å². The molecule has 0 fully saturated rings. The molecular formula is C7H6ClF3N4O2S. The lowest BCUT2D eigenvalue weighted by atomic mass is 10.5. The summed E-state index contributed by atoms with van der Waals surface area (Å²) in [5.74, 6) is -0.509. The first-order valence-electron chi connectivity index (χ1n) is 4.41. The Morgan fingerprint density at radius 3 is 2.78 bits per heavy atom. The highest BCUT2D eigenvalue weighted by atomic mass is 35.5. The molecule has 0 unspecified atom stereocenters. The van der Waals surface area contributed by atoms with E-state index in [9.17, 15) is 23.3 Å².